The smallest absolute Gasteiger partial charge is 0.0971 e. The van der Waals surface area contributed by atoms with E-state index >= 15 is 0 Å². The number of rotatable bonds is 4. The second-order valence-electron chi connectivity index (χ2n) is 11.1. The van der Waals surface area contributed by atoms with Crippen LogP contribution < -0.4 is 0 Å². The fraction of sp³-hybridized carbons (Fsp3) is 0.0244. The van der Waals surface area contributed by atoms with Crippen molar-refractivity contribution < 1.29 is 0 Å². The molecule has 0 spiro atoms. The van der Waals surface area contributed by atoms with Crippen LogP contribution >= 0.6 is 0 Å². The van der Waals surface area contributed by atoms with Gasteiger partial charge in [-0.2, -0.15) is 0 Å². The molecule has 0 bridgehead atoms. The van der Waals surface area contributed by atoms with Gasteiger partial charge in [0.25, 0.3) is 0 Å². The summed E-state index contributed by atoms with van der Waals surface area (Å²) in [5.74, 6) is 0. The second kappa shape index (κ2) is 10.0. The number of fused-ring (bicyclic) bond motifs is 9. The van der Waals surface area contributed by atoms with Crippen LogP contribution in [0.2, 0.25) is 0 Å². The molecule has 0 aliphatic heterocycles. The molecule has 0 saturated heterocycles. The summed E-state index contributed by atoms with van der Waals surface area (Å²) in [6.45, 7) is 6.41. The summed E-state index contributed by atoms with van der Waals surface area (Å²) in [5.41, 5.74) is 8.97. The van der Waals surface area contributed by atoms with Crippen molar-refractivity contribution in [3.8, 4) is 11.1 Å². The van der Waals surface area contributed by atoms with Crippen LogP contribution in [0.25, 0.3) is 83.0 Å². The molecule has 1 heterocycles. The highest BCUT2D eigenvalue weighted by atomic mass is 14.8. The molecular weight excluding hydrogens is 520 g/mol. The Hall–Kier alpha value is -5.60. The zero-order valence-corrected chi connectivity index (χ0v) is 23.9. The summed E-state index contributed by atoms with van der Waals surface area (Å²) in [4.78, 5) is 9.49. The van der Waals surface area contributed by atoms with Crippen molar-refractivity contribution in [3.63, 3.8) is 0 Å². The van der Waals surface area contributed by atoms with Crippen molar-refractivity contribution in [2.24, 2.45) is 0 Å². The maximum atomic E-state index is 4.77. The Morgan fingerprint density at radius 2 is 1.05 bits per heavy atom. The molecular formula is C41H28N2. The van der Waals surface area contributed by atoms with Gasteiger partial charge >= 0.3 is 0 Å². The normalized spacial score (nSPS) is 12.1. The lowest BCUT2D eigenvalue weighted by Gasteiger charge is -2.14. The number of hydrogen-bond acceptors (Lipinski definition) is 2. The molecule has 8 rings (SSSR count). The van der Waals surface area contributed by atoms with Gasteiger partial charge in [0, 0.05) is 23.2 Å². The fourth-order valence-electron chi connectivity index (χ4n) is 6.63. The Morgan fingerprint density at radius 3 is 1.72 bits per heavy atom. The molecule has 0 atom stereocenters. The van der Waals surface area contributed by atoms with Crippen molar-refractivity contribution >= 4 is 71.8 Å². The van der Waals surface area contributed by atoms with Crippen molar-refractivity contribution in [2.75, 3.05) is 0 Å². The summed E-state index contributed by atoms with van der Waals surface area (Å²) >= 11 is 0. The van der Waals surface area contributed by atoms with Crippen molar-refractivity contribution in [1.29, 1.82) is 0 Å². The van der Waals surface area contributed by atoms with Crippen molar-refractivity contribution in [3.05, 3.63) is 151 Å². The summed E-state index contributed by atoms with van der Waals surface area (Å²) in [6.07, 6.45) is 7.88. The first-order valence-electron chi connectivity index (χ1n) is 14.6. The van der Waals surface area contributed by atoms with E-state index in [-0.39, 0.29) is 0 Å². The molecule has 0 unspecified atom stereocenters. The van der Waals surface area contributed by atoms with Gasteiger partial charge in [-0.1, -0.05) is 122 Å². The average Bonchev–Trinajstić information content (AvgIpc) is 3.08. The lowest BCUT2D eigenvalue weighted by Crippen LogP contribution is -1.91. The number of nitrogens with zero attached hydrogens (tertiary/aromatic N) is 2. The predicted octanol–water partition coefficient (Wildman–Crippen LogP) is 11.1. The highest BCUT2D eigenvalue weighted by Gasteiger charge is 2.13. The minimum absolute atomic E-state index is 0.936. The molecule has 0 saturated carbocycles. The van der Waals surface area contributed by atoms with E-state index in [4.69, 9.17) is 9.97 Å². The topological polar surface area (TPSA) is 25.8 Å². The van der Waals surface area contributed by atoms with Crippen LogP contribution in [0, 0.1) is 0 Å². The van der Waals surface area contributed by atoms with E-state index in [1.165, 1.54) is 60.1 Å². The lowest BCUT2D eigenvalue weighted by atomic mass is 9.89. The molecule has 0 radical (unpaired) electrons. The number of benzene rings is 7. The van der Waals surface area contributed by atoms with Gasteiger partial charge in [0.05, 0.1) is 11.0 Å². The highest BCUT2D eigenvalue weighted by Crippen LogP contribution is 2.38. The third-order valence-electron chi connectivity index (χ3n) is 8.68. The SMILES string of the molecule is C=Cc1c(/C=C(\C)c2cccc(-c3ccc4c5ccccc5c5nccnc5c4c3)c2)c2ccccc2c2ccccc12. The maximum absolute atomic E-state index is 4.77. The molecule has 0 N–H and O–H groups in total. The molecule has 202 valence electrons. The van der Waals surface area contributed by atoms with E-state index in [9.17, 15) is 0 Å². The molecule has 7 aromatic carbocycles. The quantitative estimate of drug-likeness (QED) is 0.161. The van der Waals surface area contributed by atoms with Gasteiger partial charge in [-0.25, -0.2) is 0 Å². The predicted molar refractivity (Wildman–Crippen MR) is 185 cm³/mol. The first-order chi connectivity index (χ1) is 21.2. The minimum atomic E-state index is 0.936. The number of aromatic nitrogens is 2. The Balaban J connectivity index is 1.29. The van der Waals surface area contributed by atoms with Crippen LogP contribution in [-0.4, -0.2) is 9.97 Å². The zero-order valence-electron chi connectivity index (χ0n) is 23.9. The van der Waals surface area contributed by atoms with Crippen LogP contribution in [0.4, 0.5) is 0 Å². The standard InChI is InChI=1S/C41H28N2/c1-3-30-31-13-4-5-14-32(31)33-15-6-7-17-35(33)38(30)23-26(2)27-11-10-12-28(24-27)29-19-20-36-34-16-8-9-18-37(34)40-41(39(36)25-29)43-22-21-42-40/h3-25H,1H2,2H3/b26-23+. The molecule has 1 aromatic heterocycles. The monoisotopic (exact) mass is 548 g/mol. The second-order valence-corrected chi connectivity index (χ2v) is 11.1. The van der Waals surface area contributed by atoms with Crippen LogP contribution in [0.3, 0.4) is 0 Å². The van der Waals surface area contributed by atoms with Gasteiger partial charge in [-0.3, -0.25) is 9.97 Å². The van der Waals surface area contributed by atoms with Crippen molar-refractivity contribution in [1.82, 2.24) is 9.97 Å². The number of allylic oxidation sites excluding steroid dienone is 1. The zero-order chi connectivity index (χ0) is 28.9. The van der Waals surface area contributed by atoms with Crippen LogP contribution in [0.5, 0.6) is 0 Å². The third-order valence-corrected chi connectivity index (χ3v) is 8.68. The Kier molecular flexibility index (Phi) is 5.87. The molecule has 0 aliphatic carbocycles. The molecule has 43 heavy (non-hydrogen) atoms. The summed E-state index contributed by atoms with van der Waals surface area (Å²) < 4.78 is 0. The summed E-state index contributed by atoms with van der Waals surface area (Å²) in [7, 11) is 0. The Labute approximate surface area is 250 Å². The van der Waals surface area contributed by atoms with Crippen LogP contribution in [-0.2, 0) is 0 Å². The molecule has 0 amide bonds. The summed E-state index contributed by atoms with van der Waals surface area (Å²) in [5, 5.41) is 9.62. The average molecular weight is 549 g/mol. The van der Waals surface area contributed by atoms with E-state index in [2.05, 4.69) is 135 Å². The first-order valence-corrected chi connectivity index (χ1v) is 14.6. The molecule has 2 heteroatoms. The van der Waals surface area contributed by atoms with Gasteiger partial charge in [0.2, 0.25) is 0 Å². The molecule has 8 aromatic rings. The van der Waals surface area contributed by atoms with E-state index in [0.29, 0.717) is 0 Å². The lowest BCUT2D eigenvalue weighted by molar-refractivity contribution is 1.31. The van der Waals surface area contributed by atoms with E-state index in [1.54, 1.807) is 12.4 Å². The highest BCUT2D eigenvalue weighted by molar-refractivity contribution is 6.23. The largest absolute Gasteiger partial charge is 0.252 e. The molecule has 2 nitrogen and oxygen atoms in total. The van der Waals surface area contributed by atoms with E-state index in [0.717, 1.165) is 27.4 Å². The molecule has 0 aliphatic rings. The first kappa shape index (κ1) is 25.1. The van der Waals surface area contributed by atoms with E-state index in [1.807, 2.05) is 6.08 Å². The van der Waals surface area contributed by atoms with Gasteiger partial charge < -0.3 is 0 Å². The minimum Gasteiger partial charge on any atom is -0.252 e. The van der Waals surface area contributed by atoms with Crippen LogP contribution in [0.15, 0.2) is 134 Å². The molecule has 0 fully saturated rings. The van der Waals surface area contributed by atoms with Crippen molar-refractivity contribution in [2.45, 2.75) is 6.92 Å². The van der Waals surface area contributed by atoms with Gasteiger partial charge in [-0.15, -0.1) is 0 Å². The summed E-state index contributed by atoms with van der Waals surface area (Å²) in [6, 6.07) is 41.3. The fourth-order valence-corrected chi connectivity index (χ4v) is 6.63. The van der Waals surface area contributed by atoms with Gasteiger partial charge in [0.1, 0.15) is 0 Å². The Bertz CT molecular complexity index is 2400. The van der Waals surface area contributed by atoms with Gasteiger partial charge in [0.15, 0.2) is 0 Å². The maximum Gasteiger partial charge on any atom is 0.0971 e. The van der Waals surface area contributed by atoms with Crippen LogP contribution in [0.1, 0.15) is 23.6 Å². The Morgan fingerprint density at radius 1 is 0.512 bits per heavy atom. The third kappa shape index (κ3) is 4.03. The van der Waals surface area contributed by atoms with Gasteiger partial charge in [-0.05, 0) is 84.8 Å². The number of hydrogen-bond donors (Lipinski definition) is 0. The van der Waals surface area contributed by atoms with E-state index < -0.39 is 0 Å².